The van der Waals surface area contributed by atoms with Crippen LogP contribution < -0.4 is 11.1 Å². The monoisotopic (exact) mass is 328 g/mol. The second-order valence-corrected chi connectivity index (χ2v) is 5.92. The number of carbonyl (C=O) groups is 2. The zero-order valence-corrected chi connectivity index (χ0v) is 13.3. The summed E-state index contributed by atoms with van der Waals surface area (Å²) in [5.74, 6) is 0.233. The average Bonchev–Trinajstić information content (AvgIpc) is 2.99. The predicted octanol–water partition coefficient (Wildman–Crippen LogP) is 1.45. The van der Waals surface area contributed by atoms with Gasteiger partial charge in [0.15, 0.2) is 11.4 Å². The first-order valence-corrected chi connectivity index (χ1v) is 7.91. The number of hydrogen-bond acceptors (Lipinski definition) is 5. The lowest BCUT2D eigenvalue weighted by molar-refractivity contribution is -0.132. The maximum absolute atomic E-state index is 12.3. The molecule has 2 aromatic rings. The Hall–Kier alpha value is -2.83. The molecule has 0 radical (unpaired) electrons. The highest BCUT2D eigenvalue weighted by Gasteiger charge is 2.26. The van der Waals surface area contributed by atoms with Crippen molar-refractivity contribution in [2.45, 2.75) is 19.4 Å². The van der Waals surface area contributed by atoms with Crippen LogP contribution in [0.4, 0.5) is 5.82 Å². The van der Waals surface area contributed by atoms with E-state index in [0.29, 0.717) is 43.9 Å². The molecular formula is C17H20N4O3. The number of fused-ring (bicyclic) bond motifs is 1. The number of rotatable bonds is 4. The van der Waals surface area contributed by atoms with E-state index in [2.05, 4.69) is 17.1 Å². The summed E-state index contributed by atoms with van der Waals surface area (Å²) in [4.78, 5) is 25.6. The van der Waals surface area contributed by atoms with Crippen LogP contribution in [0.25, 0.3) is 11.0 Å². The van der Waals surface area contributed by atoms with Crippen LogP contribution in [0.1, 0.15) is 18.4 Å². The van der Waals surface area contributed by atoms with Gasteiger partial charge in [0.2, 0.25) is 11.8 Å². The third-order valence-corrected chi connectivity index (χ3v) is 4.38. The van der Waals surface area contributed by atoms with E-state index in [1.807, 2.05) is 18.2 Å². The molecule has 0 unspecified atom stereocenters. The van der Waals surface area contributed by atoms with Crippen molar-refractivity contribution in [3.8, 4) is 0 Å². The van der Waals surface area contributed by atoms with Crippen LogP contribution in [0.3, 0.4) is 0 Å². The van der Waals surface area contributed by atoms with Gasteiger partial charge in [-0.25, -0.2) is 0 Å². The summed E-state index contributed by atoms with van der Waals surface area (Å²) in [5, 5.41) is 7.42. The van der Waals surface area contributed by atoms with Crippen molar-refractivity contribution in [3.63, 3.8) is 0 Å². The van der Waals surface area contributed by atoms with Crippen molar-refractivity contribution in [1.29, 1.82) is 0 Å². The van der Waals surface area contributed by atoms with Gasteiger partial charge in [0.1, 0.15) is 0 Å². The van der Waals surface area contributed by atoms with Crippen molar-refractivity contribution in [3.05, 3.63) is 36.4 Å². The second kappa shape index (κ2) is 6.74. The van der Waals surface area contributed by atoms with E-state index in [1.165, 1.54) is 6.08 Å². The van der Waals surface area contributed by atoms with E-state index in [0.717, 1.165) is 10.9 Å². The SMILES string of the molecule is C=CC(=O)N1CCC(C(=O)NCc2ccc3c(N)noc3c2)CC1. The molecule has 1 aliphatic heterocycles. The fraction of sp³-hybridized carbons (Fsp3) is 0.353. The summed E-state index contributed by atoms with van der Waals surface area (Å²) in [6.45, 7) is 5.08. The Morgan fingerprint density at radius 3 is 2.88 bits per heavy atom. The molecule has 24 heavy (non-hydrogen) atoms. The van der Waals surface area contributed by atoms with Crippen LogP contribution >= 0.6 is 0 Å². The quantitative estimate of drug-likeness (QED) is 0.827. The molecule has 1 fully saturated rings. The summed E-state index contributed by atoms with van der Waals surface area (Å²) in [7, 11) is 0. The molecule has 7 nitrogen and oxygen atoms in total. The van der Waals surface area contributed by atoms with Gasteiger partial charge in [-0.2, -0.15) is 0 Å². The summed E-state index contributed by atoms with van der Waals surface area (Å²) >= 11 is 0. The molecule has 7 heteroatoms. The van der Waals surface area contributed by atoms with Crippen LogP contribution in [-0.4, -0.2) is 35.0 Å². The number of hydrogen-bond donors (Lipinski definition) is 2. The number of piperidine rings is 1. The van der Waals surface area contributed by atoms with E-state index in [1.54, 1.807) is 4.90 Å². The lowest BCUT2D eigenvalue weighted by Gasteiger charge is -2.30. The highest BCUT2D eigenvalue weighted by molar-refractivity contribution is 5.88. The van der Waals surface area contributed by atoms with Gasteiger partial charge in [-0.1, -0.05) is 17.8 Å². The number of amides is 2. The number of aromatic nitrogens is 1. The van der Waals surface area contributed by atoms with Crippen LogP contribution in [-0.2, 0) is 16.1 Å². The molecule has 2 amide bonds. The van der Waals surface area contributed by atoms with Crippen LogP contribution in [0, 0.1) is 5.92 Å². The normalized spacial score (nSPS) is 15.4. The van der Waals surface area contributed by atoms with Crippen molar-refractivity contribution in [2.24, 2.45) is 5.92 Å². The Bertz CT molecular complexity index is 775. The Kier molecular flexibility index (Phi) is 4.50. The summed E-state index contributed by atoms with van der Waals surface area (Å²) in [6.07, 6.45) is 2.65. The van der Waals surface area contributed by atoms with Gasteiger partial charge in [-0.15, -0.1) is 0 Å². The molecule has 3 N–H and O–H groups in total. The van der Waals surface area contributed by atoms with Crippen molar-refractivity contribution in [1.82, 2.24) is 15.4 Å². The Morgan fingerprint density at radius 1 is 1.42 bits per heavy atom. The zero-order chi connectivity index (χ0) is 17.1. The molecule has 1 saturated heterocycles. The summed E-state index contributed by atoms with van der Waals surface area (Å²) in [6, 6.07) is 5.55. The Labute approximate surface area is 139 Å². The van der Waals surface area contributed by atoms with Crippen LogP contribution in [0.15, 0.2) is 35.4 Å². The topological polar surface area (TPSA) is 101 Å². The minimum Gasteiger partial charge on any atom is -0.380 e. The maximum Gasteiger partial charge on any atom is 0.245 e. The number of nitrogens with one attached hydrogen (secondary N) is 1. The third-order valence-electron chi connectivity index (χ3n) is 4.38. The van der Waals surface area contributed by atoms with Gasteiger partial charge in [0.25, 0.3) is 0 Å². The van der Waals surface area contributed by atoms with Gasteiger partial charge in [-0.05, 0) is 36.6 Å². The van der Waals surface area contributed by atoms with Crippen molar-refractivity contribution in [2.75, 3.05) is 18.8 Å². The number of likely N-dealkylation sites (tertiary alicyclic amines) is 1. The highest BCUT2D eigenvalue weighted by atomic mass is 16.5. The van der Waals surface area contributed by atoms with Gasteiger partial charge < -0.3 is 20.5 Å². The molecule has 0 bridgehead atoms. The fourth-order valence-corrected chi connectivity index (χ4v) is 2.94. The first-order valence-electron chi connectivity index (χ1n) is 7.91. The van der Waals surface area contributed by atoms with Gasteiger partial charge in [0, 0.05) is 25.6 Å². The minimum absolute atomic E-state index is 0.0119. The number of nitrogens with two attached hydrogens (primary N) is 1. The van der Waals surface area contributed by atoms with Gasteiger partial charge in [-0.3, -0.25) is 9.59 Å². The third kappa shape index (κ3) is 3.24. The van der Waals surface area contributed by atoms with E-state index < -0.39 is 0 Å². The number of nitrogens with zero attached hydrogens (tertiary/aromatic N) is 2. The maximum atomic E-state index is 12.3. The lowest BCUT2D eigenvalue weighted by Crippen LogP contribution is -2.42. The molecule has 0 aliphatic carbocycles. The number of nitrogen functional groups attached to an aromatic ring is 1. The molecule has 1 aromatic heterocycles. The van der Waals surface area contributed by atoms with Crippen molar-refractivity contribution < 1.29 is 14.1 Å². The standard InChI is InChI=1S/C17H20N4O3/c1-2-15(22)21-7-5-12(6-8-21)17(23)19-10-11-3-4-13-14(9-11)24-20-16(13)18/h2-4,9,12H,1,5-8,10H2,(H2,18,20)(H,19,23). The van der Waals surface area contributed by atoms with Gasteiger partial charge in [0.05, 0.1) is 5.39 Å². The molecule has 126 valence electrons. The fourth-order valence-electron chi connectivity index (χ4n) is 2.94. The van der Waals surface area contributed by atoms with E-state index in [-0.39, 0.29) is 17.7 Å². The smallest absolute Gasteiger partial charge is 0.245 e. The number of anilines is 1. The van der Waals surface area contributed by atoms with E-state index in [9.17, 15) is 9.59 Å². The number of benzene rings is 1. The first-order chi connectivity index (χ1) is 11.6. The molecular weight excluding hydrogens is 308 g/mol. The van der Waals surface area contributed by atoms with Crippen LogP contribution in [0.5, 0.6) is 0 Å². The molecule has 3 rings (SSSR count). The largest absolute Gasteiger partial charge is 0.380 e. The highest BCUT2D eigenvalue weighted by Crippen LogP contribution is 2.22. The second-order valence-electron chi connectivity index (χ2n) is 5.92. The summed E-state index contributed by atoms with van der Waals surface area (Å²) < 4.78 is 5.12. The molecule has 0 spiro atoms. The molecule has 1 aliphatic rings. The van der Waals surface area contributed by atoms with Gasteiger partial charge >= 0.3 is 0 Å². The Morgan fingerprint density at radius 2 is 2.17 bits per heavy atom. The minimum atomic E-state index is -0.0755. The van der Waals surface area contributed by atoms with Crippen LogP contribution in [0.2, 0.25) is 0 Å². The average molecular weight is 328 g/mol. The molecule has 0 atom stereocenters. The van der Waals surface area contributed by atoms with E-state index in [4.69, 9.17) is 10.3 Å². The molecule has 1 aromatic carbocycles. The molecule has 2 heterocycles. The zero-order valence-electron chi connectivity index (χ0n) is 13.3. The predicted molar refractivity (Wildman–Crippen MR) is 89.8 cm³/mol. The van der Waals surface area contributed by atoms with E-state index >= 15 is 0 Å². The lowest BCUT2D eigenvalue weighted by atomic mass is 9.95. The van der Waals surface area contributed by atoms with Crippen molar-refractivity contribution >= 4 is 28.6 Å². The first kappa shape index (κ1) is 16.0. The number of carbonyl (C=O) groups excluding carboxylic acids is 2. The Balaban J connectivity index is 1.53. The molecule has 0 saturated carbocycles. The summed E-state index contributed by atoms with van der Waals surface area (Å²) in [5.41, 5.74) is 7.21.